The molecule has 4 heteroatoms. The molecule has 0 aliphatic heterocycles. The monoisotopic (exact) mass is 203 g/mol. The number of aromatic carboxylic acids is 1. The van der Waals surface area contributed by atoms with Crippen LogP contribution in [0.5, 0.6) is 0 Å². The number of aromatic amines is 1. The van der Waals surface area contributed by atoms with Crippen LogP contribution in [0.1, 0.15) is 26.4 Å². The average molecular weight is 203 g/mol. The first-order chi connectivity index (χ1) is 7.13. The van der Waals surface area contributed by atoms with Crippen LogP contribution in [-0.4, -0.2) is 22.3 Å². The predicted molar refractivity (Wildman–Crippen MR) is 55.4 cm³/mol. The Bertz CT molecular complexity index is 554. The highest BCUT2D eigenvalue weighted by Gasteiger charge is 2.09. The molecule has 4 nitrogen and oxygen atoms in total. The molecule has 0 saturated heterocycles. The summed E-state index contributed by atoms with van der Waals surface area (Å²) >= 11 is 0. The summed E-state index contributed by atoms with van der Waals surface area (Å²) in [7, 11) is 0. The highest BCUT2D eigenvalue weighted by Crippen LogP contribution is 2.21. The number of hydrogen-bond donors (Lipinski definition) is 2. The fourth-order valence-corrected chi connectivity index (χ4v) is 1.64. The van der Waals surface area contributed by atoms with E-state index in [0.717, 1.165) is 17.4 Å². The number of aromatic nitrogens is 1. The van der Waals surface area contributed by atoms with E-state index in [9.17, 15) is 9.59 Å². The fourth-order valence-electron chi connectivity index (χ4n) is 1.64. The summed E-state index contributed by atoms with van der Waals surface area (Å²) in [5.74, 6) is -0.975. The third-order valence-corrected chi connectivity index (χ3v) is 2.40. The maximum Gasteiger partial charge on any atom is 0.335 e. The van der Waals surface area contributed by atoms with E-state index in [2.05, 4.69) is 4.98 Å². The zero-order chi connectivity index (χ0) is 11.0. The van der Waals surface area contributed by atoms with Crippen LogP contribution in [0.15, 0.2) is 18.2 Å². The van der Waals surface area contributed by atoms with Crippen LogP contribution in [0, 0.1) is 6.92 Å². The van der Waals surface area contributed by atoms with Gasteiger partial charge < -0.3 is 10.1 Å². The Hall–Kier alpha value is -2.10. The molecule has 1 aromatic heterocycles. The van der Waals surface area contributed by atoms with Gasteiger partial charge in [0, 0.05) is 22.2 Å². The molecule has 1 heterocycles. The van der Waals surface area contributed by atoms with Crippen molar-refractivity contribution >= 4 is 23.2 Å². The minimum atomic E-state index is -0.975. The first kappa shape index (κ1) is 9.45. The Balaban J connectivity index is 2.75. The van der Waals surface area contributed by atoms with E-state index in [1.807, 2.05) is 0 Å². The molecular formula is C11H9NO3. The average Bonchev–Trinajstić information content (AvgIpc) is 2.51. The molecule has 0 aliphatic carbocycles. The number of aldehydes is 1. The van der Waals surface area contributed by atoms with Crippen molar-refractivity contribution in [2.75, 3.05) is 0 Å². The minimum Gasteiger partial charge on any atom is -0.478 e. The van der Waals surface area contributed by atoms with Gasteiger partial charge in [0.1, 0.15) is 0 Å². The summed E-state index contributed by atoms with van der Waals surface area (Å²) in [6, 6.07) is 4.66. The number of carboxylic acids is 1. The van der Waals surface area contributed by atoms with E-state index < -0.39 is 5.97 Å². The summed E-state index contributed by atoms with van der Waals surface area (Å²) in [5.41, 5.74) is 2.22. The smallest absolute Gasteiger partial charge is 0.335 e. The largest absolute Gasteiger partial charge is 0.478 e. The lowest BCUT2D eigenvalue weighted by atomic mass is 10.1. The quantitative estimate of drug-likeness (QED) is 0.733. The number of aryl methyl sites for hydroxylation is 1. The Kier molecular flexibility index (Phi) is 2.04. The van der Waals surface area contributed by atoms with Gasteiger partial charge in [0.15, 0.2) is 6.29 Å². The van der Waals surface area contributed by atoms with Gasteiger partial charge in [-0.3, -0.25) is 4.79 Å². The third kappa shape index (κ3) is 1.40. The number of benzene rings is 1. The Labute approximate surface area is 85.5 Å². The van der Waals surface area contributed by atoms with Crippen LogP contribution in [0.2, 0.25) is 0 Å². The summed E-state index contributed by atoms with van der Waals surface area (Å²) in [4.78, 5) is 24.5. The predicted octanol–water partition coefficient (Wildman–Crippen LogP) is 1.99. The van der Waals surface area contributed by atoms with Crippen molar-refractivity contribution in [1.82, 2.24) is 4.98 Å². The number of carbonyl (C=O) groups excluding carboxylic acids is 1. The number of rotatable bonds is 2. The number of hydrogen-bond acceptors (Lipinski definition) is 2. The molecular weight excluding hydrogens is 194 g/mol. The van der Waals surface area contributed by atoms with Gasteiger partial charge >= 0.3 is 5.97 Å². The second-order valence-electron chi connectivity index (χ2n) is 3.35. The fraction of sp³-hybridized carbons (Fsp3) is 0.0909. The molecule has 0 unspecified atom stereocenters. The molecule has 0 radical (unpaired) electrons. The summed E-state index contributed by atoms with van der Waals surface area (Å²) < 4.78 is 0. The number of carboxylic acid groups (broad SMARTS) is 1. The lowest BCUT2D eigenvalue weighted by Gasteiger charge is -1.94. The summed E-state index contributed by atoms with van der Waals surface area (Å²) in [5, 5.41) is 9.55. The molecule has 0 spiro atoms. The number of nitrogens with one attached hydrogen (secondary N) is 1. The van der Waals surface area contributed by atoms with Crippen molar-refractivity contribution in [2.24, 2.45) is 0 Å². The topological polar surface area (TPSA) is 70.2 Å². The zero-order valence-corrected chi connectivity index (χ0v) is 8.07. The third-order valence-electron chi connectivity index (χ3n) is 2.40. The normalized spacial score (nSPS) is 10.5. The number of fused-ring (bicyclic) bond motifs is 1. The van der Waals surface area contributed by atoms with E-state index in [-0.39, 0.29) is 5.56 Å². The molecule has 76 valence electrons. The van der Waals surface area contributed by atoms with Crippen molar-refractivity contribution < 1.29 is 14.7 Å². The van der Waals surface area contributed by atoms with Crippen LogP contribution < -0.4 is 0 Å². The maximum atomic E-state index is 10.8. The van der Waals surface area contributed by atoms with Gasteiger partial charge in [-0.25, -0.2) is 4.79 Å². The molecule has 0 saturated carbocycles. The van der Waals surface area contributed by atoms with Crippen molar-refractivity contribution in [1.29, 1.82) is 0 Å². The van der Waals surface area contributed by atoms with E-state index in [4.69, 9.17) is 5.11 Å². The van der Waals surface area contributed by atoms with Gasteiger partial charge in [-0.1, -0.05) is 6.07 Å². The first-order valence-electron chi connectivity index (χ1n) is 4.44. The van der Waals surface area contributed by atoms with Crippen molar-refractivity contribution in [3.63, 3.8) is 0 Å². The molecule has 0 atom stereocenters. The van der Waals surface area contributed by atoms with Crippen LogP contribution in [0.3, 0.4) is 0 Å². The lowest BCUT2D eigenvalue weighted by molar-refractivity contribution is 0.0697. The van der Waals surface area contributed by atoms with Crippen LogP contribution in [0.4, 0.5) is 0 Å². The summed E-state index contributed by atoms with van der Waals surface area (Å²) in [6.45, 7) is 1.78. The van der Waals surface area contributed by atoms with Gasteiger partial charge in [-0.15, -0.1) is 0 Å². The molecule has 0 aliphatic rings. The minimum absolute atomic E-state index is 0.209. The van der Waals surface area contributed by atoms with Crippen LogP contribution >= 0.6 is 0 Å². The van der Waals surface area contributed by atoms with Crippen molar-refractivity contribution in [2.45, 2.75) is 6.92 Å². The van der Waals surface area contributed by atoms with Gasteiger partial charge in [-0.2, -0.15) is 0 Å². The second-order valence-corrected chi connectivity index (χ2v) is 3.35. The standard InChI is InChI=1S/C11H9NO3/c1-6-9(5-13)8-3-2-7(11(14)15)4-10(8)12-6/h2-5,12H,1H3,(H,14,15). The van der Waals surface area contributed by atoms with Crippen molar-refractivity contribution in [3.8, 4) is 0 Å². The van der Waals surface area contributed by atoms with Gasteiger partial charge in [0.25, 0.3) is 0 Å². The van der Waals surface area contributed by atoms with Gasteiger partial charge in [0.2, 0.25) is 0 Å². The van der Waals surface area contributed by atoms with Crippen LogP contribution in [0.25, 0.3) is 10.9 Å². The highest BCUT2D eigenvalue weighted by atomic mass is 16.4. The van der Waals surface area contributed by atoms with E-state index in [0.29, 0.717) is 11.1 Å². The van der Waals surface area contributed by atoms with Crippen molar-refractivity contribution in [3.05, 3.63) is 35.0 Å². The SMILES string of the molecule is Cc1[nH]c2cc(C(=O)O)ccc2c1C=O. The number of H-pyrrole nitrogens is 1. The molecule has 0 fully saturated rings. The molecule has 0 amide bonds. The van der Waals surface area contributed by atoms with Gasteiger partial charge in [-0.05, 0) is 19.1 Å². The molecule has 2 N–H and O–H groups in total. The molecule has 2 aromatic rings. The molecule has 1 aromatic carbocycles. The molecule has 0 bridgehead atoms. The Morgan fingerprint density at radius 2 is 2.20 bits per heavy atom. The zero-order valence-electron chi connectivity index (χ0n) is 8.07. The second kappa shape index (κ2) is 3.24. The maximum absolute atomic E-state index is 10.8. The lowest BCUT2D eigenvalue weighted by Crippen LogP contribution is -1.94. The number of carbonyl (C=O) groups is 2. The summed E-state index contributed by atoms with van der Waals surface area (Å²) in [6.07, 6.45) is 0.772. The van der Waals surface area contributed by atoms with Gasteiger partial charge in [0.05, 0.1) is 5.56 Å². The Morgan fingerprint density at radius 3 is 2.80 bits per heavy atom. The molecule has 2 rings (SSSR count). The van der Waals surface area contributed by atoms with E-state index >= 15 is 0 Å². The molecule has 15 heavy (non-hydrogen) atoms. The van der Waals surface area contributed by atoms with E-state index in [1.165, 1.54) is 12.1 Å². The van der Waals surface area contributed by atoms with Crippen LogP contribution in [-0.2, 0) is 0 Å². The Morgan fingerprint density at radius 1 is 1.47 bits per heavy atom. The highest BCUT2D eigenvalue weighted by molar-refractivity contribution is 6.01. The first-order valence-corrected chi connectivity index (χ1v) is 4.44. The van der Waals surface area contributed by atoms with E-state index in [1.54, 1.807) is 13.0 Å².